The molecule has 0 aromatic heterocycles. The van der Waals surface area contributed by atoms with Gasteiger partial charge in [0, 0.05) is 38.3 Å². The Hall–Kier alpha value is -0.200. The highest BCUT2D eigenvalue weighted by Gasteiger charge is 2.42. The van der Waals surface area contributed by atoms with E-state index in [4.69, 9.17) is 14.2 Å². The Morgan fingerprint density at radius 2 is 1.71 bits per heavy atom. The summed E-state index contributed by atoms with van der Waals surface area (Å²) in [5.74, 6) is 0. The summed E-state index contributed by atoms with van der Waals surface area (Å²) >= 11 is 0. The van der Waals surface area contributed by atoms with Gasteiger partial charge in [-0.3, -0.25) is 4.90 Å². The highest BCUT2D eigenvalue weighted by molar-refractivity contribution is 5.01. The average Bonchev–Trinajstić information content (AvgIpc) is 2.95. The van der Waals surface area contributed by atoms with Gasteiger partial charge in [0.25, 0.3) is 0 Å². The molecule has 5 nitrogen and oxygen atoms in total. The summed E-state index contributed by atoms with van der Waals surface area (Å²) in [6.45, 7) is 9.07. The number of hydrogen-bond acceptors (Lipinski definition) is 5. The Kier molecular flexibility index (Phi) is 7.40. The van der Waals surface area contributed by atoms with Gasteiger partial charge >= 0.3 is 0 Å². The second-order valence-electron chi connectivity index (χ2n) is 6.38. The van der Waals surface area contributed by atoms with Crippen LogP contribution in [0, 0.1) is 0 Å². The zero-order chi connectivity index (χ0) is 15.0. The van der Waals surface area contributed by atoms with E-state index in [1.807, 2.05) is 0 Å². The van der Waals surface area contributed by atoms with Crippen molar-refractivity contribution >= 4 is 0 Å². The molecule has 2 fully saturated rings. The first-order valence-corrected chi connectivity index (χ1v) is 8.40. The fraction of sp³-hybridized carbons (Fsp3) is 1.00. The maximum atomic E-state index is 5.73. The minimum absolute atomic E-state index is 0.408. The molecule has 1 unspecified atom stereocenters. The molecule has 2 aliphatic rings. The molecule has 0 aromatic rings. The minimum Gasteiger partial charge on any atom is -0.382 e. The minimum atomic E-state index is 0.408. The monoisotopic (exact) mass is 300 g/mol. The zero-order valence-electron chi connectivity index (χ0n) is 13.7. The normalized spacial score (nSPS) is 25.7. The number of ether oxygens (including phenoxy) is 3. The van der Waals surface area contributed by atoms with Gasteiger partial charge in [0.2, 0.25) is 0 Å². The molecule has 0 aromatic carbocycles. The Labute approximate surface area is 129 Å². The molecular weight excluding hydrogens is 268 g/mol. The van der Waals surface area contributed by atoms with Gasteiger partial charge in [-0.25, -0.2) is 0 Å². The van der Waals surface area contributed by atoms with Gasteiger partial charge in [-0.2, -0.15) is 0 Å². The molecule has 5 heteroatoms. The van der Waals surface area contributed by atoms with Crippen molar-refractivity contribution < 1.29 is 14.2 Å². The van der Waals surface area contributed by atoms with E-state index in [1.165, 1.54) is 25.7 Å². The molecule has 124 valence electrons. The van der Waals surface area contributed by atoms with E-state index in [1.54, 1.807) is 7.11 Å². The molecule has 0 radical (unpaired) electrons. The largest absolute Gasteiger partial charge is 0.382 e. The topological polar surface area (TPSA) is 43.0 Å². The van der Waals surface area contributed by atoms with Crippen LogP contribution >= 0.6 is 0 Å². The van der Waals surface area contributed by atoms with E-state index in [2.05, 4.69) is 17.1 Å². The Balaban J connectivity index is 1.61. The van der Waals surface area contributed by atoms with E-state index in [0.717, 1.165) is 26.2 Å². The quantitative estimate of drug-likeness (QED) is 0.650. The molecule has 21 heavy (non-hydrogen) atoms. The SMILES string of the molecule is COCCOCCOCCN1CC(C)NCC12CCCC2. The van der Waals surface area contributed by atoms with Gasteiger partial charge in [-0.1, -0.05) is 12.8 Å². The molecule has 1 atom stereocenters. The zero-order valence-corrected chi connectivity index (χ0v) is 13.7. The van der Waals surface area contributed by atoms with E-state index >= 15 is 0 Å². The van der Waals surface area contributed by atoms with Crippen LogP contribution in [0.1, 0.15) is 32.6 Å². The van der Waals surface area contributed by atoms with Gasteiger partial charge in [-0.05, 0) is 19.8 Å². The van der Waals surface area contributed by atoms with Gasteiger partial charge in [0.05, 0.1) is 33.0 Å². The number of rotatable bonds is 9. The molecule has 1 N–H and O–H groups in total. The van der Waals surface area contributed by atoms with Crippen molar-refractivity contribution in [3.63, 3.8) is 0 Å². The standard InChI is InChI=1S/C16H32N2O3/c1-15-13-18(16(14-17-15)5-3-4-6-16)7-8-20-11-12-21-10-9-19-2/h15,17H,3-14H2,1-2H3. The Morgan fingerprint density at radius 3 is 2.43 bits per heavy atom. The lowest BCUT2D eigenvalue weighted by atomic mass is 9.91. The summed E-state index contributed by atoms with van der Waals surface area (Å²) in [4.78, 5) is 2.67. The molecule has 2 rings (SSSR count). The van der Waals surface area contributed by atoms with Gasteiger partial charge < -0.3 is 19.5 Å². The first-order valence-electron chi connectivity index (χ1n) is 8.40. The van der Waals surface area contributed by atoms with Crippen LogP contribution in [-0.4, -0.2) is 76.3 Å². The smallest absolute Gasteiger partial charge is 0.0701 e. The highest BCUT2D eigenvalue weighted by Crippen LogP contribution is 2.36. The number of piperazine rings is 1. The first kappa shape index (κ1) is 17.2. The molecule has 1 saturated carbocycles. The lowest BCUT2D eigenvalue weighted by Crippen LogP contribution is -2.63. The summed E-state index contributed by atoms with van der Waals surface area (Å²) in [5.41, 5.74) is 0.408. The number of methoxy groups -OCH3 is 1. The van der Waals surface area contributed by atoms with Crippen molar-refractivity contribution in [1.82, 2.24) is 10.2 Å². The second kappa shape index (κ2) is 9.06. The Morgan fingerprint density at radius 1 is 1.05 bits per heavy atom. The summed E-state index contributed by atoms with van der Waals surface area (Å²) in [6, 6.07) is 0.591. The maximum absolute atomic E-state index is 5.73. The first-order chi connectivity index (χ1) is 10.3. The third-order valence-electron chi connectivity index (χ3n) is 4.79. The van der Waals surface area contributed by atoms with E-state index in [-0.39, 0.29) is 0 Å². The third kappa shape index (κ3) is 5.18. The predicted octanol–water partition coefficient (Wildman–Crippen LogP) is 1.27. The average molecular weight is 300 g/mol. The Bertz CT molecular complexity index is 283. The van der Waals surface area contributed by atoms with Crippen molar-refractivity contribution in [2.75, 3.05) is 59.8 Å². The van der Waals surface area contributed by atoms with Gasteiger partial charge in [0.1, 0.15) is 0 Å². The van der Waals surface area contributed by atoms with Crippen LogP contribution in [0.25, 0.3) is 0 Å². The molecular formula is C16H32N2O3. The lowest BCUT2D eigenvalue weighted by Gasteiger charge is -2.47. The molecule has 1 aliphatic carbocycles. The van der Waals surface area contributed by atoms with Crippen molar-refractivity contribution in [2.45, 2.75) is 44.2 Å². The van der Waals surface area contributed by atoms with Crippen molar-refractivity contribution in [2.24, 2.45) is 0 Å². The molecule has 0 bridgehead atoms. The van der Waals surface area contributed by atoms with Crippen LogP contribution < -0.4 is 5.32 Å². The molecule has 1 saturated heterocycles. The summed E-state index contributed by atoms with van der Waals surface area (Å²) < 4.78 is 16.1. The van der Waals surface area contributed by atoms with Gasteiger partial charge in [0.15, 0.2) is 0 Å². The lowest BCUT2D eigenvalue weighted by molar-refractivity contribution is -0.00556. The van der Waals surface area contributed by atoms with E-state index in [9.17, 15) is 0 Å². The molecule has 0 amide bonds. The van der Waals surface area contributed by atoms with E-state index in [0.29, 0.717) is 38.0 Å². The van der Waals surface area contributed by atoms with Crippen LogP contribution in [0.5, 0.6) is 0 Å². The third-order valence-corrected chi connectivity index (χ3v) is 4.79. The number of nitrogens with zero attached hydrogens (tertiary/aromatic N) is 1. The van der Waals surface area contributed by atoms with Crippen molar-refractivity contribution in [3.8, 4) is 0 Å². The van der Waals surface area contributed by atoms with Crippen LogP contribution in [0.2, 0.25) is 0 Å². The van der Waals surface area contributed by atoms with Crippen LogP contribution in [0.3, 0.4) is 0 Å². The van der Waals surface area contributed by atoms with Crippen molar-refractivity contribution in [3.05, 3.63) is 0 Å². The summed E-state index contributed by atoms with van der Waals surface area (Å²) in [6.07, 6.45) is 5.43. The van der Waals surface area contributed by atoms with Gasteiger partial charge in [-0.15, -0.1) is 0 Å². The predicted molar refractivity (Wildman–Crippen MR) is 83.8 cm³/mol. The molecule has 1 heterocycles. The van der Waals surface area contributed by atoms with Crippen LogP contribution in [0.4, 0.5) is 0 Å². The number of hydrogen-bond donors (Lipinski definition) is 1. The van der Waals surface area contributed by atoms with Crippen LogP contribution in [0.15, 0.2) is 0 Å². The maximum Gasteiger partial charge on any atom is 0.0701 e. The fourth-order valence-electron chi connectivity index (χ4n) is 3.56. The second-order valence-corrected chi connectivity index (χ2v) is 6.38. The molecule has 1 aliphatic heterocycles. The number of nitrogens with one attached hydrogen (secondary N) is 1. The van der Waals surface area contributed by atoms with Crippen molar-refractivity contribution in [1.29, 1.82) is 0 Å². The highest BCUT2D eigenvalue weighted by atomic mass is 16.5. The molecule has 1 spiro atoms. The summed E-state index contributed by atoms with van der Waals surface area (Å²) in [7, 11) is 1.69. The van der Waals surface area contributed by atoms with Crippen LogP contribution in [-0.2, 0) is 14.2 Å². The fourth-order valence-corrected chi connectivity index (χ4v) is 3.56. The summed E-state index contributed by atoms with van der Waals surface area (Å²) in [5, 5.41) is 3.66. The van der Waals surface area contributed by atoms with E-state index < -0.39 is 0 Å².